The number of nitrogens with zero attached hydrogens (tertiary/aromatic N) is 3. The predicted molar refractivity (Wildman–Crippen MR) is 94.8 cm³/mol. The molecule has 1 fully saturated rings. The second-order valence-corrected chi connectivity index (χ2v) is 8.00. The second kappa shape index (κ2) is 9.19. The summed E-state index contributed by atoms with van der Waals surface area (Å²) in [6, 6.07) is 5.70. The molecule has 1 aliphatic heterocycles. The standard InChI is InChI=1S/C15H23ClN4O3S/c16-6-5-15(21)18-8-3-13-24(22,23)20-11-9-19(10-12-20)14-4-1-2-7-17-14/h1-2,4,7H,3,5-6,8-13H2,(H,18,21). The molecule has 1 saturated heterocycles. The van der Waals surface area contributed by atoms with Crippen molar-refractivity contribution in [2.75, 3.05) is 49.3 Å². The molecule has 0 radical (unpaired) electrons. The smallest absolute Gasteiger partial charge is 0.221 e. The van der Waals surface area contributed by atoms with Crippen LogP contribution in [0.3, 0.4) is 0 Å². The minimum Gasteiger partial charge on any atom is -0.356 e. The molecule has 0 unspecified atom stereocenters. The maximum Gasteiger partial charge on any atom is 0.221 e. The Kier molecular flexibility index (Phi) is 7.26. The summed E-state index contributed by atoms with van der Waals surface area (Å²) in [5.41, 5.74) is 0. The first-order valence-corrected chi connectivity index (χ1v) is 10.1. The Morgan fingerprint density at radius 3 is 2.62 bits per heavy atom. The van der Waals surface area contributed by atoms with Gasteiger partial charge in [0.15, 0.2) is 0 Å². The highest BCUT2D eigenvalue weighted by Crippen LogP contribution is 2.15. The number of rotatable bonds is 8. The largest absolute Gasteiger partial charge is 0.356 e. The molecule has 2 rings (SSSR count). The third-order valence-electron chi connectivity index (χ3n) is 3.83. The fourth-order valence-electron chi connectivity index (χ4n) is 2.52. The van der Waals surface area contributed by atoms with Crippen LogP contribution in [-0.2, 0) is 14.8 Å². The topological polar surface area (TPSA) is 82.6 Å². The summed E-state index contributed by atoms with van der Waals surface area (Å²) in [5.74, 6) is 1.03. The fourth-order valence-corrected chi connectivity index (χ4v) is 4.18. The molecular formula is C15H23ClN4O3S. The molecule has 7 nitrogen and oxygen atoms in total. The van der Waals surface area contributed by atoms with E-state index in [2.05, 4.69) is 15.2 Å². The number of pyridine rings is 1. The molecule has 1 aromatic heterocycles. The number of anilines is 1. The lowest BCUT2D eigenvalue weighted by atomic mass is 10.3. The molecule has 0 aliphatic carbocycles. The first-order valence-electron chi connectivity index (χ1n) is 7.99. The van der Waals surface area contributed by atoms with E-state index in [0.29, 0.717) is 39.1 Å². The minimum absolute atomic E-state index is 0.0394. The lowest BCUT2D eigenvalue weighted by Gasteiger charge is -2.34. The Morgan fingerprint density at radius 1 is 1.25 bits per heavy atom. The number of carbonyl (C=O) groups excluding carboxylic acids is 1. The Bertz CT molecular complexity index is 619. The van der Waals surface area contributed by atoms with E-state index >= 15 is 0 Å². The van der Waals surface area contributed by atoms with E-state index in [-0.39, 0.29) is 24.0 Å². The van der Waals surface area contributed by atoms with Crippen molar-refractivity contribution in [3.63, 3.8) is 0 Å². The van der Waals surface area contributed by atoms with Gasteiger partial charge in [0.25, 0.3) is 0 Å². The summed E-state index contributed by atoms with van der Waals surface area (Å²) >= 11 is 5.47. The van der Waals surface area contributed by atoms with Crippen molar-refractivity contribution >= 4 is 33.3 Å². The Hall–Kier alpha value is -1.38. The zero-order chi connectivity index (χ0) is 17.4. The number of nitrogens with one attached hydrogen (secondary N) is 1. The average Bonchev–Trinajstić information content (AvgIpc) is 2.60. The van der Waals surface area contributed by atoms with E-state index in [4.69, 9.17) is 11.6 Å². The summed E-state index contributed by atoms with van der Waals surface area (Å²) in [7, 11) is -3.29. The van der Waals surface area contributed by atoms with Crippen molar-refractivity contribution in [3.8, 4) is 0 Å². The molecule has 2 heterocycles. The fraction of sp³-hybridized carbons (Fsp3) is 0.600. The third-order valence-corrected chi connectivity index (χ3v) is 5.97. The van der Waals surface area contributed by atoms with E-state index in [1.807, 2.05) is 18.2 Å². The normalized spacial score (nSPS) is 16.1. The molecule has 0 aromatic carbocycles. The van der Waals surface area contributed by atoms with Gasteiger partial charge in [-0.15, -0.1) is 11.6 Å². The zero-order valence-electron chi connectivity index (χ0n) is 13.5. The molecule has 1 aromatic rings. The van der Waals surface area contributed by atoms with Crippen molar-refractivity contribution < 1.29 is 13.2 Å². The number of sulfonamides is 1. The van der Waals surface area contributed by atoms with Gasteiger partial charge in [-0.2, -0.15) is 4.31 Å². The second-order valence-electron chi connectivity index (χ2n) is 5.53. The van der Waals surface area contributed by atoms with E-state index in [1.54, 1.807) is 6.20 Å². The number of hydrogen-bond donors (Lipinski definition) is 1. The van der Waals surface area contributed by atoms with Crippen LogP contribution in [0.5, 0.6) is 0 Å². The first kappa shape index (κ1) is 19.0. The summed E-state index contributed by atoms with van der Waals surface area (Å²) < 4.78 is 26.2. The van der Waals surface area contributed by atoms with Crippen molar-refractivity contribution in [1.82, 2.24) is 14.6 Å². The number of piperazine rings is 1. The van der Waals surface area contributed by atoms with Gasteiger partial charge in [0.2, 0.25) is 15.9 Å². The number of hydrogen-bond acceptors (Lipinski definition) is 5. The van der Waals surface area contributed by atoms with Gasteiger partial charge in [-0.05, 0) is 18.6 Å². The van der Waals surface area contributed by atoms with Crippen molar-refractivity contribution in [3.05, 3.63) is 24.4 Å². The molecular weight excluding hydrogens is 352 g/mol. The van der Waals surface area contributed by atoms with E-state index in [0.717, 1.165) is 5.82 Å². The number of amides is 1. The number of carbonyl (C=O) groups is 1. The minimum atomic E-state index is -3.29. The summed E-state index contributed by atoms with van der Waals surface area (Å²) in [6.07, 6.45) is 2.39. The van der Waals surface area contributed by atoms with Crippen LogP contribution in [0.4, 0.5) is 5.82 Å². The third kappa shape index (κ3) is 5.61. The Balaban J connectivity index is 1.75. The molecule has 1 aliphatic rings. The van der Waals surface area contributed by atoms with Crippen LogP contribution in [0.2, 0.25) is 0 Å². The summed E-state index contributed by atoms with van der Waals surface area (Å²) in [6.45, 7) is 2.52. The van der Waals surface area contributed by atoms with Gasteiger partial charge >= 0.3 is 0 Å². The quantitative estimate of drug-likeness (QED) is 0.534. The molecule has 9 heteroatoms. The maximum atomic E-state index is 12.4. The van der Waals surface area contributed by atoms with Gasteiger partial charge in [0.05, 0.1) is 5.75 Å². The van der Waals surface area contributed by atoms with Crippen molar-refractivity contribution in [1.29, 1.82) is 0 Å². The summed E-state index contributed by atoms with van der Waals surface area (Å²) in [4.78, 5) is 17.6. The van der Waals surface area contributed by atoms with E-state index < -0.39 is 10.0 Å². The molecule has 134 valence electrons. The predicted octanol–water partition coefficient (Wildman–Crippen LogP) is 0.669. The van der Waals surface area contributed by atoms with Gasteiger partial charge in [-0.25, -0.2) is 13.4 Å². The van der Waals surface area contributed by atoms with E-state index in [1.165, 1.54) is 4.31 Å². The highest BCUT2D eigenvalue weighted by Gasteiger charge is 2.26. The number of alkyl halides is 1. The molecule has 0 bridgehead atoms. The van der Waals surface area contributed by atoms with Gasteiger partial charge in [-0.1, -0.05) is 6.07 Å². The van der Waals surface area contributed by atoms with Crippen LogP contribution in [0.1, 0.15) is 12.8 Å². The lowest BCUT2D eigenvalue weighted by Crippen LogP contribution is -2.49. The highest BCUT2D eigenvalue weighted by atomic mass is 35.5. The van der Waals surface area contributed by atoms with Crippen LogP contribution >= 0.6 is 11.6 Å². The zero-order valence-corrected chi connectivity index (χ0v) is 15.1. The number of halogens is 1. The van der Waals surface area contributed by atoms with Crippen molar-refractivity contribution in [2.24, 2.45) is 0 Å². The van der Waals surface area contributed by atoms with Gasteiger partial charge in [0.1, 0.15) is 5.82 Å². The molecule has 0 saturated carbocycles. The van der Waals surface area contributed by atoms with Gasteiger partial charge in [-0.3, -0.25) is 4.79 Å². The molecule has 0 atom stereocenters. The lowest BCUT2D eigenvalue weighted by molar-refractivity contribution is -0.120. The molecule has 1 amide bonds. The molecule has 24 heavy (non-hydrogen) atoms. The van der Waals surface area contributed by atoms with E-state index in [9.17, 15) is 13.2 Å². The van der Waals surface area contributed by atoms with Crippen molar-refractivity contribution in [2.45, 2.75) is 12.8 Å². The first-order chi connectivity index (χ1) is 11.5. The monoisotopic (exact) mass is 374 g/mol. The van der Waals surface area contributed by atoms with Gasteiger partial charge in [0, 0.05) is 51.2 Å². The van der Waals surface area contributed by atoms with Crippen LogP contribution < -0.4 is 10.2 Å². The van der Waals surface area contributed by atoms with Gasteiger partial charge < -0.3 is 10.2 Å². The SMILES string of the molecule is O=C(CCCl)NCCCS(=O)(=O)N1CCN(c2ccccn2)CC1. The highest BCUT2D eigenvalue weighted by molar-refractivity contribution is 7.89. The van der Waals surface area contributed by atoms with Crippen LogP contribution in [0.25, 0.3) is 0 Å². The average molecular weight is 375 g/mol. The summed E-state index contributed by atoms with van der Waals surface area (Å²) in [5, 5.41) is 2.66. The van der Waals surface area contributed by atoms with Crippen LogP contribution in [0.15, 0.2) is 24.4 Å². The number of aromatic nitrogens is 1. The Morgan fingerprint density at radius 2 is 2.00 bits per heavy atom. The maximum absolute atomic E-state index is 12.4. The molecule has 1 N–H and O–H groups in total. The van der Waals surface area contributed by atoms with Crippen LogP contribution in [-0.4, -0.2) is 68.0 Å². The van der Waals surface area contributed by atoms with Crippen LogP contribution in [0, 0.1) is 0 Å². The Labute approximate surface area is 148 Å². The molecule has 0 spiro atoms.